The lowest BCUT2D eigenvalue weighted by Crippen LogP contribution is -2.43. The van der Waals surface area contributed by atoms with E-state index in [0.717, 1.165) is 19.3 Å². The fraction of sp³-hybridized carbons (Fsp3) is 0.889. The summed E-state index contributed by atoms with van der Waals surface area (Å²) in [5, 5.41) is 21.1. The Balaban J connectivity index is 3.82. The largest absolute Gasteiger partial charge is 0.480 e. The fourth-order valence-electron chi connectivity index (χ4n) is 3.83. The standard InChI is InChI=1S/C27H52NO10P/c1-3-5-6-7-8-9-10-11-12-13-14-15-16-17-19-26(31)36-20-23(29)21-37-39(34,35)38-22-24(27(32)33)28-25(30)18-4-2/h23-24,29H,3-22H2,1-2H3,(H,28,30)(H,32,33)(H,34,35). The monoisotopic (exact) mass is 581 g/mol. The number of aliphatic hydroxyl groups excluding tert-OH is 1. The van der Waals surface area contributed by atoms with Crippen LogP contribution in [0, 0.1) is 0 Å². The van der Waals surface area contributed by atoms with Crippen molar-refractivity contribution in [2.75, 3.05) is 19.8 Å². The number of hydrogen-bond acceptors (Lipinski definition) is 8. The molecule has 0 spiro atoms. The average Bonchev–Trinajstić information content (AvgIpc) is 2.89. The van der Waals surface area contributed by atoms with Crippen LogP contribution in [0.25, 0.3) is 0 Å². The van der Waals surface area contributed by atoms with Gasteiger partial charge in [0.15, 0.2) is 6.04 Å². The predicted octanol–water partition coefficient (Wildman–Crippen LogP) is 5.27. The van der Waals surface area contributed by atoms with E-state index in [9.17, 15) is 28.9 Å². The van der Waals surface area contributed by atoms with Crippen LogP contribution in [0.5, 0.6) is 0 Å². The number of carboxylic acid groups (broad SMARTS) is 1. The van der Waals surface area contributed by atoms with Gasteiger partial charge >= 0.3 is 19.8 Å². The number of hydrogen-bond donors (Lipinski definition) is 4. The molecule has 0 bridgehead atoms. The number of nitrogens with one attached hydrogen (secondary N) is 1. The second kappa shape index (κ2) is 24.3. The van der Waals surface area contributed by atoms with Crippen molar-refractivity contribution in [2.24, 2.45) is 0 Å². The highest BCUT2D eigenvalue weighted by Crippen LogP contribution is 2.43. The molecule has 0 fully saturated rings. The molecule has 0 saturated heterocycles. The van der Waals surface area contributed by atoms with Gasteiger partial charge in [-0.25, -0.2) is 9.36 Å². The molecule has 0 heterocycles. The average molecular weight is 582 g/mol. The maximum absolute atomic E-state index is 11.9. The first-order valence-electron chi connectivity index (χ1n) is 14.6. The number of phosphoric ester groups is 1. The zero-order valence-electron chi connectivity index (χ0n) is 23.9. The van der Waals surface area contributed by atoms with Gasteiger partial charge in [-0.15, -0.1) is 0 Å². The summed E-state index contributed by atoms with van der Waals surface area (Å²) in [6.45, 7) is 2.09. The summed E-state index contributed by atoms with van der Waals surface area (Å²) in [6, 6.07) is -1.53. The first-order chi connectivity index (χ1) is 18.6. The van der Waals surface area contributed by atoms with E-state index in [1.54, 1.807) is 6.92 Å². The number of ether oxygens (including phenoxy) is 1. The molecule has 0 aliphatic heterocycles. The van der Waals surface area contributed by atoms with Crippen molar-refractivity contribution >= 4 is 25.7 Å². The molecule has 0 aliphatic rings. The van der Waals surface area contributed by atoms with E-state index in [1.807, 2.05) is 0 Å². The molecule has 4 N–H and O–H groups in total. The summed E-state index contributed by atoms with van der Waals surface area (Å²) in [4.78, 5) is 44.3. The van der Waals surface area contributed by atoms with Crippen LogP contribution in [-0.4, -0.2) is 64.9 Å². The number of esters is 1. The van der Waals surface area contributed by atoms with Crippen LogP contribution in [0.4, 0.5) is 0 Å². The van der Waals surface area contributed by atoms with Gasteiger partial charge in [0.2, 0.25) is 5.91 Å². The number of carbonyl (C=O) groups is 3. The molecule has 1 amide bonds. The van der Waals surface area contributed by atoms with Gasteiger partial charge in [0.1, 0.15) is 12.7 Å². The van der Waals surface area contributed by atoms with Gasteiger partial charge in [-0.1, -0.05) is 97.3 Å². The summed E-state index contributed by atoms with van der Waals surface area (Å²) in [5.41, 5.74) is 0. The maximum Gasteiger partial charge on any atom is 0.472 e. The van der Waals surface area contributed by atoms with Crippen molar-refractivity contribution < 1.29 is 47.8 Å². The quantitative estimate of drug-likeness (QED) is 0.0570. The SMILES string of the molecule is CCCCCCCCCCCCCCCCC(=O)OCC(O)COP(=O)(O)OCC(NC(=O)CCC)C(=O)O. The third-order valence-corrected chi connectivity index (χ3v) is 7.07. The van der Waals surface area contributed by atoms with E-state index in [0.29, 0.717) is 12.8 Å². The fourth-order valence-corrected chi connectivity index (χ4v) is 4.60. The van der Waals surface area contributed by atoms with Crippen molar-refractivity contribution in [3.05, 3.63) is 0 Å². The number of carboxylic acids is 1. The maximum atomic E-state index is 11.9. The molecule has 0 saturated carbocycles. The molecule has 0 aromatic rings. The highest BCUT2D eigenvalue weighted by Gasteiger charge is 2.28. The Morgan fingerprint density at radius 1 is 0.718 bits per heavy atom. The van der Waals surface area contributed by atoms with Crippen molar-refractivity contribution in [1.29, 1.82) is 0 Å². The van der Waals surface area contributed by atoms with E-state index in [1.165, 1.54) is 64.2 Å². The number of carbonyl (C=O) groups excluding carboxylic acids is 2. The van der Waals surface area contributed by atoms with Crippen molar-refractivity contribution in [1.82, 2.24) is 5.32 Å². The number of phosphoric acid groups is 1. The zero-order chi connectivity index (χ0) is 29.4. The summed E-state index contributed by atoms with van der Waals surface area (Å²) in [6.07, 6.45) is 16.5. The van der Waals surface area contributed by atoms with Crippen LogP contribution < -0.4 is 5.32 Å². The third kappa shape index (κ3) is 24.0. The Labute approximate surface area is 234 Å². The highest BCUT2D eigenvalue weighted by atomic mass is 31.2. The summed E-state index contributed by atoms with van der Waals surface area (Å²) < 4.78 is 26.2. The molecule has 12 heteroatoms. The molecule has 0 radical (unpaired) electrons. The number of unbranched alkanes of at least 4 members (excludes halogenated alkanes) is 13. The number of rotatable bonds is 27. The first-order valence-corrected chi connectivity index (χ1v) is 16.1. The Hall–Kier alpha value is -1.52. The minimum absolute atomic E-state index is 0.0986. The van der Waals surface area contributed by atoms with Crippen LogP contribution in [0.15, 0.2) is 0 Å². The molecule has 39 heavy (non-hydrogen) atoms. The zero-order valence-corrected chi connectivity index (χ0v) is 24.8. The molecular weight excluding hydrogens is 529 g/mol. The number of amides is 1. The van der Waals surface area contributed by atoms with E-state index >= 15 is 0 Å². The highest BCUT2D eigenvalue weighted by molar-refractivity contribution is 7.47. The van der Waals surface area contributed by atoms with Gasteiger partial charge in [0.05, 0.1) is 13.2 Å². The molecule has 0 aliphatic carbocycles. The van der Waals surface area contributed by atoms with E-state index in [4.69, 9.17) is 9.84 Å². The summed E-state index contributed by atoms with van der Waals surface area (Å²) in [7, 11) is -4.71. The van der Waals surface area contributed by atoms with Gasteiger partial charge in [-0.3, -0.25) is 18.6 Å². The van der Waals surface area contributed by atoms with Crippen LogP contribution in [-0.2, 0) is 32.7 Å². The normalized spacial score (nSPS) is 14.4. The van der Waals surface area contributed by atoms with E-state index in [2.05, 4.69) is 21.3 Å². The smallest absolute Gasteiger partial charge is 0.472 e. The van der Waals surface area contributed by atoms with E-state index < -0.39 is 57.6 Å². The second-order valence-electron chi connectivity index (χ2n) is 9.95. The van der Waals surface area contributed by atoms with Crippen LogP contribution in [0.1, 0.15) is 123 Å². The van der Waals surface area contributed by atoms with Gasteiger partial charge in [0.25, 0.3) is 0 Å². The molecule has 11 nitrogen and oxygen atoms in total. The molecule has 0 aromatic carbocycles. The van der Waals surface area contributed by atoms with Crippen molar-refractivity contribution in [2.45, 2.75) is 135 Å². The first kappa shape index (κ1) is 37.5. The van der Waals surface area contributed by atoms with Crippen LogP contribution >= 0.6 is 7.82 Å². The van der Waals surface area contributed by atoms with Crippen LogP contribution in [0.2, 0.25) is 0 Å². The summed E-state index contributed by atoms with van der Waals surface area (Å²) in [5.74, 6) is -2.44. The molecule has 3 unspecified atom stereocenters. The third-order valence-electron chi connectivity index (χ3n) is 6.12. The Morgan fingerprint density at radius 3 is 1.69 bits per heavy atom. The minimum atomic E-state index is -4.71. The lowest BCUT2D eigenvalue weighted by atomic mass is 10.0. The Bertz CT molecular complexity index is 706. The Morgan fingerprint density at radius 2 is 1.21 bits per heavy atom. The molecule has 230 valence electrons. The topological polar surface area (TPSA) is 169 Å². The number of aliphatic carboxylic acids is 1. The van der Waals surface area contributed by atoms with Crippen molar-refractivity contribution in [3.63, 3.8) is 0 Å². The minimum Gasteiger partial charge on any atom is -0.480 e. The van der Waals surface area contributed by atoms with Crippen LogP contribution in [0.3, 0.4) is 0 Å². The van der Waals surface area contributed by atoms with Crippen molar-refractivity contribution in [3.8, 4) is 0 Å². The lowest BCUT2D eigenvalue weighted by molar-refractivity contribution is -0.147. The molecular formula is C27H52NO10P. The second-order valence-corrected chi connectivity index (χ2v) is 11.4. The number of aliphatic hydroxyl groups is 1. The van der Waals surface area contributed by atoms with Gasteiger partial charge in [-0.2, -0.15) is 0 Å². The molecule has 0 aromatic heterocycles. The predicted molar refractivity (Wildman–Crippen MR) is 148 cm³/mol. The summed E-state index contributed by atoms with van der Waals surface area (Å²) >= 11 is 0. The van der Waals surface area contributed by atoms with Gasteiger partial charge < -0.3 is 25.2 Å². The van der Waals surface area contributed by atoms with Gasteiger partial charge in [-0.05, 0) is 12.8 Å². The van der Waals surface area contributed by atoms with Gasteiger partial charge in [0, 0.05) is 12.8 Å². The van der Waals surface area contributed by atoms with E-state index in [-0.39, 0.29) is 12.8 Å². The lowest BCUT2D eigenvalue weighted by Gasteiger charge is -2.18. The molecule has 3 atom stereocenters. The molecule has 0 rings (SSSR count). The Kier molecular flexibility index (Phi) is 23.3.